The summed E-state index contributed by atoms with van der Waals surface area (Å²) in [7, 11) is 0. The lowest BCUT2D eigenvalue weighted by molar-refractivity contribution is 0.975. The molecule has 1 aliphatic rings. The first-order valence-corrected chi connectivity index (χ1v) is 8.52. The molecule has 1 aromatic carbocycles. The van der Waals surface area contributed by atoms with E-state index < -0.39 is 0 Å². The number of allylic oxidation sites excluding steroid dienone is 1. The van der Waals surface area contributed by atoms with Gasteiger partial charge in [0.15, 0.2) is 17.3 Å². The van der Waals surface area contributed by atoms with Crippen LogP contribution in [0.4, 0.5) is 5.82 Å². The standard InChI is InChI=1S/C18H17ClN6/c1-11-22-15-17(21-9-7-14-6-3-8-20-14)24-16(25-18(15)23-11)12-4-2-5-13(19)10-12/h2,4-6,8,10H,3,7,9H2,1H3,(H2,21,22,23,24,25). The van der Waals surface area contributed by atoms with Crippen LogP contribution in [0.5, 0.6) is 0 Å². The summed E-state index contributed by atoms with van der Waals surface area (Å²) in [4.78, 5) is 21.3. The van der Waals surface area contributed by atoms with Crippen molar-refractivity contribution in [3.05, 3.63) is 46.9 Å². The third-order valence-electron chi connectivity index (χ3n) is 3.94. The van der Waals surface area contributed by atoms with Crippen molar-refractivity contribution in [2.75, 3.05) is 11.9 Å². The van der Waals surface area contributed by atoms with E-state index in [-0.39, 0.29) is 0 Å². The van der Waals surface area contributed by atoms with E-state index in [4.69, 9.17) is 11.6 Å². The first-order valence-electron chi connectivity index (χ1n) is 8.15. The van der Waals surface area contributed by atoms with Gasteiger partial charge in [-0.15, -0.1) is 0 Å². The van der Waals surface area contributed by atoms with Gasteiger partial charge < -0.3 is 10.3 Å². The summed E-state index contributed by atoms with van der Waals surface area (Å²) in [6, 6.07) is 7.51. The Morgan fingerprint density at radius 1 is 1.24 bits per heavy atom. The van der Waals surface area contributed by atoms with Gasteiger partial charge >= 0.3 is 0 Å². The molecule has 0 aliphatic carbocycles. The molecular formula is C18H17ClN6. The summed E-state index contributed by atoms with van der Waals surface area (Å²) in [6.45, 7) is 2.64. The Kier molecular flexibility index (Phi) is 4.19. The Bertz CT molecular complexity index is 988. The van der Waals surface area contributed by atoms with Crippen molar-refractivity contribution in [1.29, 1.82) is 0 Å². The molecule has 0 spiro atoms. The largest absolute Gasteiger partial charge is 0.368 e. The number of nitrogens with one attached hydrogen (secondary N) is 2. The molecule has 25 heavy (non-hydrogen) atoms. The molecule has 126 valence electrons. The van der Waals surface area contributed by atoms with E-state index in [2.05, 4.69) is 36.3 Å². The Balaban J connectivity index is 1.67. The highest BCUT2D eigenvalue weighted by Gasteiger charge is 2.13. The number of rotatable bonds is 5. The second kappa shape index (κ2) is 6.64. The fourth-order valence-corrected chi connectivity index (χ4v) is 2.97. The molecule has 0 saturated heterocycles. The first-order chi connectivity index (χ1) is 12.2. The van der Waals surface area contributed by atoms with Gasteiger partial charge in [0.1, 0.15) is 11.3 Å². The van der Waals surface area contributed by atoms with Gasteiger partial charge in [-0.25, -0.2) is 15.0 Å². The number of benzene rings is 1. The Morgan fingerprint density at radius 3 is 2.96 bits per heavy atom. The number of anilines is 1. The van der Waals surface area contributed by atoms with Crippen LogP contribution in [0.3, 0.4) is 0 Å². The maximum Gasteiger partial charge on any atom is 0.183 e. The van der Waals surface area contributed by atoms with E-state index in [1.165, 1.54) is 0 Å². The lowest BCUT2D eigenvalue weighted by Crippen LogP contribution is -2.06. The van der Waals surface area contributed by atoms with Crippen LogP contribution in [-0.2, 0) is 0 Å². The van der Waals surface area contributed by atoms with Gasteiger partial charge in [0.05, 0.1) is 0 Å². The van der Waals surface area contributed by atoms with Crippen LogP contribution in [-0.4, -0.2) is 32.7 Å². The number of aromatic nitrogens is 4. The molecule has 0 radical (unpaired) electrons. The topological polar surface area (TPSA) is 78.8 Å². The van der Waals surface area contributed by atoms with Gasteiger partial charge in [-0.05, 0) is 19.1 Å². The van der Waals surface area contributed by atoms with E-state index in [1.807, 2.05) is 37.4 Å². The van der Waals surface area contributed by atoms with E-state index in [0.29, 0.717) is 16.5 Å². The quantitative estimate of drug-likeness (QED) is 0.723. The van der Waals surface area contributed by atoms with Gasteiger partial charge in [0, 0.05) is 41.9 Å². The fourth-order valence-electron chi connectivity index (χ4n) is 2.78. The predicted octanol–water partition coefficient (Wildman–Crippen LogP) is 4.14. The normalized spacial score (nSPS) is 13.4. The maximum atomic E-state index is 6.10. The van der Waals surface area contributed by atoms with Crippen LogP contribution in [0.15, 0.2) is 41.0 Å². The lowest BCUT2D eigenvalue weighted by Gasteiger charge is -2.08. The van der Waals surface area contributed by atoms with Gasteiger partial charge in [0.2, 0.25) is 0 Å². The molecule has 2 aromatic heterocycles. The molecule has 0 saturated carbocycles. The second-order valence-corrected chi connectivity index (χ2v) is 6.28. The van der Waals surface area contributed by atoms with Crippen molar-refractivity contribution in [1.82, 2.24) is 19.9 Å². The Hall–Kier alpha value is -2.73. The minimum atomic E-state index is 0.599. The van der Waals surface area contributed by atoms with Crippen molar-refractivity contribution < 1.29 is 0 Å². The summed E-state index contributed by atoms with van der Waals surface area (Å²) in [5.41, 5.74) is 3.42. The molecule has 3 heterocycles. The van der Waals surface area contributed by atoms with Crippen LogP contribution >= 0.6 is 11.6 Å². The Morgan fingerprint density at radius 2 is 2.16 bits per heavy atom. The molecule has 4 rings (SSSR count). The molecule has 7 heteroatoms. The number of aromatic amines is 1. The van der Waals surface area contributed by atoms with Crippen LogP contribution in [0.25, 0.3) is 22.6 Å². The van der Waals surface area contributed by atoms with Crippen molar-refractivity contribution in [2.45, 2.75) is 19.8 Å². The molecule has 6 nitrogen and oxygen atoms in total. The van der Waals surface area contributed by atoms with Gasteiger partial charge in [-0.2, -0.15) is 0 Å². The SMILES string of the molecule is Cc1nc2nc(-c3cccc(Cl)c3)nc(NCCC3=CCC=N3)c2[nH]1. The average Bonchev–Trinajstić information content (AvgIpc) is 3.23. The fraction of sp³-hybridized carbons (Fsp3) is 0.222. The zero-order valence-electron chi connectivity index (χ0n) is 13.8. The van der Waals surface area contributed by atoms with Crippen LogP contribution in [0, 0.1) is 6.92 Å². The molecule has 0 amide bonds. The van der Waals surface area contributed by atoms with E-state index in [0.717, 1.165) is 47.8 Å². The van der Waals surface area contributed by atoms with Crippen molar-refractivity contribution in [2.24, 2.45) is 4.99 Å². The minimum absolute atomic E-state index is 0.599. The number of H-pyrrole nitrogens is 1. The Labute approximate surface area is 150 Å². The van der Waals surface area contributed by atoms with Crippen LogP contribution < -0.4 is 5.32 Å². The summed E-state index contributed by atoms with van der Waals surface area (Å²) < 4.78 is 0. The highest BCUT2D eigenvalue weighted by molar-refractivity contribution is 6.30. The van der Waals surface area contributed by atoms with E-state index in [1.54, 1.807) is 0 Å². The zero-order chi connectivity index (χ0) is 17.2. The van der Waals surface area contributed by atoms with Crippen LogP contribution in [0.2, 0.25) is 5.02 Å². The first kappa shape index (κ1) is 15.8. The van der Waals surface area contributed by atoms with Crippen molar-refractivity contribution in [3.8, 4) is 11.4 Å². The molecular weight excluding hydrogens is 336 g/mol. The highest BCUT2D eigenvalue weighted by Crippen LogP contribution is 2.25. The average molecular weight is 353 g/mol. The monoisotopic (exact) mass is 352 g/mol. The molecule has 2 N–H and O–H groups in total. The summed E-state index contributed by atoms with van der Waals surface area (Å²) >= 11 is 6.10. The number of aryl methyl sites for hydroxylation is 1. The summed E-state index contributed by atoms with van der Waals surface area (Å²) in [5, 5.41) is 4.04. The number of aliphatic imine (C=N–C) groups is 1. The number of hydrogen-bond acceptors (Lipinski definition) is 5. The smallest absolute Gasteiger partial charge is 0.183 e. The van der Waals surface area contributed by atoms with Gasteiger partial charge in [-0.3, -0.25) is 4.99 Å². The minimum Gasteiger partial charge on any atom is -0.368 e. The number of nitrogens with zero attached hydrogens (tertiary/aromatic N) is 4. The van der Waals surface area contributed by atoms with Gasteiger partial charge in [0.25, 0.3) is 0 Å². The number of fused-ring (bicyclic) bond motifs is 1. The van der Waals surface area contributed by atoms with Gasteiger partial charge in [-0.1, -0.05) is 29.8 Å². The number of halogens is 1. The zero-order valence-corrected chi connectivity index (χ0v) is 14.5. The highest BCUT2D eigenvalue weighted by atomic mass is 35.5. The van der Waals surface area contributed by atoms with Crippen molar-refractivity contribution >= 4 is 34.8 Å². The predicted molar refractivity (Wildman–Crippen MR) is 101 cm³/mol. The summed E-state index contributed by atoms with van der Waals surface area (Å²) in [6.07, 6.45) is 5.83. The third-order valence-corrected chi connectivity index (χ3v) is 4.18. The molecule has 0 bridgehead atoms. The second-order valence-electron chi connectivity index (χ2n) is 5.85. The number of hydrogen-bond donors (Lipinski definition) is 2. The lowest BCUT2D eigenvalue weighted by atomic mass is 10.2. The summed E-state index contributed by atoms with van der Waals surface area (Å²) in [5.74, 6) is 2.14. The molecule has 0 unspecified atom stereocenters. The maximum absolute atomic E-state index is 6.10. The number of imidazole rings is 1. The third kappa shape index (κ3) is 3.39. The molecule has 0 atom stereocenters. The van der Waals surface area contributed by atoms with Crippen molar-refractivity contribution in [3.63, 3.8) is 0 Å². The van der Waals surface area contributed by atoms with E-state index >= 15 is 0 Å². The molecule has 0 fully saturated rings. The molecule has 1 aliphatic heterocycles. The van der Waals surface area contributed by atoms with E-state index in [9.17, 15) is 0 Å². The molecule has 3 aromatic rings. The van der Waals surface area contributed by atoms with Crippen LogP contribution in [0.1, 0.15) is 18.7 Å².